The molecule has 14 heavy (non-hydrogen) atoms. The summed E-state index contributed by atoms with van der Waals surface area (Å²) in [7, 11) is 0. The fraction of sp³-hybridized carbons (Fsp3) is 0.857. The lowest BCUT2D eigenvalue weighted by atomic mass is 10.2. The van der Waals surface area contributed by atoms with E-state index < -0.39 is 30.4 Å². The minimum atomic E-state index is -4.51. The van der Waals surface area contributed by atoms with E-state index in [1.165, 1.54) is 6.92 Å². The van der Waals surface area contributed by atoms with Gasteiger partial charge in [0.05, 0.1) is 6.10 Å². The molecule has 0 fully saturated rings. The quantitative estimate of drug-likeness (QED) is 0.726. The van der Waals surface area contributed by atoms with Crippen LogP contribution in [0, 0.1) is 0 Å². The number of nitrogens with two attached hydrogens (primary N) is 1. The molecular formula is C7H12F3NO3. The second kappa shape index (κ2) is 4.61. The number of carbonyl (C=O) groups is 1. The lowest BCUT2D eigenvalue weighted by Crippen LogP contribution is -2.45. The summed E-state index contributed by atoms with van der Waals surface area (Å²) in [6.45, 7) is 1.98. The molecule has 0 aromatic carbocycles. The van der Waals surface area contributed by atoms with E-state index in [0.29, 0.717) is 0 Å². The summed E-state index contributed by atoms with van der Waals surface area (Å²) in [5, 5.41) is 8.38. The van der Waals surface area contributed by atoms with Crippen LogP contribution in [0.25, 0.3) is 0 Å². The highest BCUT2D eigenvalue weighted by molar-refractivity contribution is 5.73. The van der Waals surface area contributed by atoms with Gasteiger partial charge < -0.3 is 15.6 Å². The van der Waals surface area contributed by atoms with Crippen LogP contribution in [0.2, 0.25) is 0 Å². The Labute approximate surface area is 78.8 Å². The van der Waals surface area contributed by atoms with Gasteiger partial charge in [0.15, 0.2) is 6.10 Å². The molecule has 4 nitrogen and oxygen atoms in total. The van der Waals surface area contributed by atoms with Crippen molar-refractivity contribution in [1.82, 2.24) is 0 Å². The Morgan fingerprint density at radius 1 is 1.43 bits per heavy atom. The molecule has 0 heterocycles. The number of aliphatic carboxylic acids is 1. The standard InChI is InChI=1S/C7H12F3NO3/c1-3(5(11)6(12)13)14-4(2)7(8,9)10/h3-5H,11H2,1-2H3,(H,12,13)/t3-,4+,5+/m1/s1. The van der Waals surface area contributed by atoms with Gasteiger partial charge in [0, 0.05) is 0 Å². The molecule has 0 aliphatic rings. The number of halogens is 3. The molecule has 0 bridgehead atoms. The topological polar surface area (TPSA) is 72.5 Å². The summed E-state index contributed by atoms with van der Waals surface area (Å²) in [4.78, 5) is 10.3. The molecule has 7 heteroatoms. The van der Waals surface area contributed by atoms with Gasteiger partial charge in [-0.2, -0.15) is 13.2 Å². The van der Waals surface area contributed by atoms with E-state index in [2.05, 4.69) is 4.74 Å². The largest absolute Gasteiger partial charge is 0.480 e. The Morgan fingerprint density at radius 2 is 1.86 bits per heavy atom. The van der Waals surface area contributed by atoms with E-state index >= 15 is 0 Å². The van der Waals surface area contributed by atoms with Crippen molar-refractivity contribution in [3.8, 4) is 0 Å². The van der Waals surface area contributed by atoms with Gasteiger partial charge in [-0.25, -0.2) is 0 Å². The van der Waals surface area contributed by atoms with Crippen LogP contribution in [0.3, 0.4) is 0 Å². The minimum absolute atomic E-state index is 0.797. The summed E-state index contributed by atoms with van der Waals surface area (Å²) in [5.74, 6) is -1.40. The highest BCUT2D eigenvalue weighted by atomic mass is 19.4. The molecule has 3 N–H and O–H groups in total. The third kappa shape index (κ3) is 3.93. The normalized spacial score (nSPS) is 18.7. The van der Waals surface area contributed by atoms with Crippen LogP contribution >= 0.6 is 0 Å². The predicted octanol–water partition coefficient (Wildman–Crippen LogP) is 0.754. The van der Waals surface area contributed by atoms with Crippen LogP contribution in [-0.4, -0.2) is 35.5 Å². The highest BCUT2D eigenvalue weighted by Crippen LogP contribution is 2.23. The molecule has 0 aliphatic carbocycles. The second-order valence-corrected chi connectivity index (χ2v) is 2.89. The molecule has 0 amide bonds. The number of hydrogen-bond donors (Lipinski definition) is 2. The number of rotatable bonds is 4. The third-order valence-electron chi connectivity index (χ3n) is 1.67. The van der Waals surface area contributed by atoms with E-state index in [1.807, 2.05) is 0 Å². The van der Waals surface area contributed by atoms with Crippen LogP contribution in [-0.2, 0) is 9.53 Å². The van der Waals surface area contributed by atoms with Gasteiger partial charge in [-0.3, -0.25) is 4.79 Å². The molecule has 0 aromatic rings. The van der Waals surface area contributed by atoms with Crippen molar-refractivity contribution in [1.29, 1.82) is 0 Å². The summed E-state index contributed by atoms with van der Waals surface area (Å²) >= 11 is 0. The van der Waals surface area contributed by atoms with Crippen molar-refractivity contribution in [3.05, 3.63) is 0 Å². The van der Waals surface area contributed by atoms with Crippen LogP contribution < -0.4 is 5.73 Å². The molecule has 3 atom stereocenters. The Balaban J connectivity index is 4.19. The first-order valence-electron chi connectivity index (χ1n) is 3.86. The van der Waals surface area contributed by atoms with Crippen molar-refractivity contribution in [2.45, 2.75) is 38.3 Å². The Morgan fingerprint density at radius 3 is 2.14 bits per heavy atom. The number of ether oxygens (including phenoxy) is 1. The van der Waals surface area contributed by atoms with E-state index in [-0.39, 0.29) is 0 Å². The molecule has 0 rings (SSSR count). The molecule has 0 saturated carbocycles. The molecule has 0 spiro atoms. The van der Waals surface area contributed by atoms with Gasteiger partial charge in [0.2, 0.25) is 0 Å². The fourth-order valence-electron chi connectivity index (χ4n) is 0.685. The Hall–Kier alpha value is -0.820. The highest BCUT2D eigenvalue weighted by Gasteiger charge is 2.39. The first-order valence-corrected chi connectivity index (χ1v) is 3.86. The molecule has 0 unspecified atom stereocenters. The first-order chi connectivity index (χ1) is 6.16. The summed E-state index contributed by atoms with van der Waals surface area (Å²) in [6.07, 6.45) is -7.72. The Bertz CT molecular complexity index is 207. The average molecular weight is 215 g/mol. The first kappa shape index (κ1) is 13.2. The zero-order valence-corrected chi connectivity index (χ0v) is 7.71. The maximum atomic E-state index is 12.0. The van der Waals surface area contributed by atoms with E-state index in [1.54, 1.807) is 0 Å². The van der Waals surface area contributed by atoms with Gasteiger partial charge >= 0.3 is 12.1 Å². The van der Waals surface area contributed by atoms with E-state index in [4.69, 9.17) is 10.8 Å². The van der Waals surface area contributed by atoms with Crippen molar-refractivity contribution in [3.63, 3.8) is 0 Å². The lowest BCUT2D eigenvalue weighted by molar-refractivity contribution is -0.227. The van der Waals surface area contributed by atoms with Gasteiger partial charge in [-0.1, -0.05) is 0 Å². The van der Waals surface area contributed by atoms with Crippen LogP contribution in [0.4, 0.5) is 13.2 Å². The van der Waals surface area contributed by atoms with Crippen molar-refractivity contribution < 1.29 is 27.8 Å². The predicted molar refractivity (Wildman–Crippen MR) is 41.7 cm³/mol. The average Bonchev–Trinajstić information content (AvgIpc) is 2.00. The monoisotopic (exact) mass is 215 g/mol. The molecule has 0 aliphatic heterocycles. The summed E-state index contributed by atoms with van der Waals surface area (Å²) < 4.78 is 40.3. The lowest BCUT2D eigenvalue weighted by Gasteiger charge is -2.23. The maximum Gasteiger partial charge on any atom is 0.414 e. The number of carboxylic acid groups (broad SMARTS) is 1. The van der Waals surface area contributed by atoms with E-state index in [0.717, 1.165) is 6.92 Å². The molecular weight excluding hydrogens is 203 g/mol. The van der Waals surface area contributed by atoms with Crippen molar-refractivity contribution in [2.24, 2.45) is 5.73 Å². The van der Waals surface area contributed by atoms with Crippen molar-refractivity contribution >= 4 is 5.97 Å². The molecule has 0 saturated heterocycles. The third-order valence-corrected chi connectivity index (χ3v) is 1.67. The van der Waals surface area contributed by atoms with Crippen molar-refractivity contribution in [2.75, 3.05) is 0 Å². The zero-order chi connectivity index (χ0) is 11.5. The maximum absolute atomic E-state index is 12.0. The van der Waals surface area contributed by atoms with Crippen LogP contribution in [0.15, 0.2) is 0 Å². The fourth-order valence-corrected chi connectivity index (χ4v) is 0.685. The van der Waals surface area contributed by atoms with Gasteiger partial charge in [0.1, 0.15) is 6.04 Å². The molecule has 0 aromatic heterocycles. The Kier molecular flexibility index (Phi) is 4.34. The summed E-state index contributed by atoms with van der Waals surface area (Å²) in [5.41, 5.74) is 5.06. The smallest absolute Gasteiger partial charge is 0.414 e. The SMILES string of the molecule is C[C@H](O[C@H](C)[C@H](N)C(=O)O)C(F)(F)F. The van der Waals surface area contributed by atoms with Gasteiger partial charge in [-0.15, -0.1) is 0 Å². The van der Waals surface area contributed by atoms with Crippen LogP contribution in [0.1, 0.15) is 13.8 Å². The van der Waals surface area contributed by atoms with Gasteiger partial charge in [-0.05, 0) is 13.8 Å². The number of carboxylic acids is 1. The number of alkyl halides is 3. The van der Waals surface area contributed by atoms with Crippen LogP contribution in [0.5, 0.6) is 0 Å². The number of hydrogen-bond acceptors (Lipinski definition) is 3. The van der Waals surface area contributed by atoms with E-state index in [9.17, 15) is 18.0 Å². The zero-order valence-electron chi connectivity index (χ0n) is 7.71. The summed E-state index contributed by atoms with van der Waals surface area (Å²) in [6, 6.07) is -1.46. The molecule has 0 radical (unpaired) electrons. The molecule has 84 valence electrons. The second-order valence-electron chi connectivity index (χ2n) is 2.89. The van der Waals surface area contributed by atoms with Gasteiger partial charge in [0.25, 0.3) is 0 Å². The minimum Gasteiger partial charge on any atom is -0.480 e.